The van der Waals surface area contributed by atoms with E-state index in [2.05, 4.69) is 16.3 Å². The summed E-state index contributed by atoms with van der Waals surface area (Å²) in [4.78, 5) is 3.88. The molecule has 1 aromatic heterocycles. The number of thiophene rings is 1. The van der Waals surface area contributed by atoms with E-state index in [1.807, 2.05) is 13.0 Å². The SMILES string of the molecule is Cc1ccc(S(=O)(=O)N2CCN(Cc3cccs3)CC2)cc1Cl. The molecule has 1 saturated heterocycles. The molecule has 0 bridgehead atoms. The Hall–Kier alpha value is -0.920. The van der Waals surface area contributed by atoms with E-state index in [-0.39, 0.29) is 4.90 Å². The molecule has 0 saturated carbocycles. The molecule has 2 heterocycles. The molecule has 2 aromatic rings. The average Bonchev–Trinajstić information content (AvgIpc) is 3.03. The van der Waals surface area contributed by atoms with Crippen LogP contribution in [0.15, 0.2) is 40.6 Å². The van der Waals surface area contributed by atoms with Gasteiger partial charge in [0.05, 0.1) is 4.90 Å². The van der Waals surface area contributed by atoms with Gasteiger partial charge in [-0.3, -0.25) is 4.90 Å². The van der Waals surface area contributed by atoms with Gasteiger partial charge in [-0.15, -0.1) is 11.3 Å². The van der Waals surface area contributed by atoms with Crippen LogP contribution in [0.1, 0.15) is 10.4 Å². The molecule has 1 fully saturated rings. The van der Waals surface area contributed by atoms with Gasteiger partial charge in [-0.2, -0.15) is 4.31 Å². The summed E-state index contributed by atoms with van der Waals surface area (Å²) in [5, 5.41) is 2.55. The first-order valence-corrected chi connectivity index (χ1v) is 10.2. The minimum absolute atomic E-state index is 0.278. The van der Waals surface area contributed by atoms with Crippen molar-refractivity contribution in [2.24, 2.45) is 0 Å². The molecule has 124 valence electrons. The normalized spacial score (nSPS) is 17.5. The molecule has 0 aliphatic carbocycles. The van der Waals surface area contributed by atoms with Crippen LogP contribution in [0.4, 0.5) is 0 Å². The van der Waals surface area contributed by atoms with Gasteiger partial charge in [-0.05, 0) is 36.1 Å². The standard InChI is InChI=1S/C16H19ClN2O2S2/c1-13-4-5-15(11-16(13)17)23(20,21)19-8-6-18(7-9-19)12-14-3-2-10-22-14/h2-5,10-11H,6-9,12H2,1H3. The first kappa shape index (κ1) is 16.9. The molecule has 1 aliphatic rings. The van der Waals surface area contributed by atoms with Gasteiger partial charge in [0.15, 0.2) is 0 Å². The second kappa shape index (κ2) is 6.91. The highest BCUT2D eigenvalue weighted by atomic mass is 35.5. The average molecular weight is 371 g/mol. The maximum absolute atomic E-state index is 12.7. The van der Waals surface area contributed by atoms with Crippen molar-refractivity contribution in [1.82, 2.24) is 9.21 Å². The van der Waals surface area contributed by atoms with Gasteiger partial charge >= 0.3 is 0 Å². The van der Waals surface area contributed by atoms with Crippen LogP contribution in [0.25, 0.3) is 0 Å². The zero-order valence-corrected chi connectivity index (χ0v) is 15.3. The summed E-state index contributed by atoms with van der Waals surface area (Å²) in [5.41, 5.74) is 0.881. The highest BCUT2D eigenvalue weighted by Gasteiger charge is 2.28. The molecule has 0 spiro atoms. The number of halogens is 1. The summed E-state index contributed by atoms with van der Waals surface area (Å²) in [7, 11) is -3.46. The number of aryl methyl sites for hydroxylation is 1. The highest BCUT2D eigenvalue weighted by molar-refractivity contribution is 7.89. The predicted molar refractivity (Wildman–Crippen MR) is 94.5 cm³/mol. The second-order valence-electron chi connectivity index (χ2n) is 5.67. The van der Waals surface area contributed by atoms with Gasteiger partial charge in [0.25, 0.3) is 0 Å². The van der Waals surface area contributed by atoms with Crippen molar-refractivity contribution in [2.75, 3.05) is 26.2 Å². The van der Waals surface area contributed by atoms with E-state index in [4.69, 9.17) is 11.6 Å². The van der Waals surface area contributed by atoms with Gasteiger partial charge in [-0.25, -0.2) is 8.42 Å². The van der Waals surface area contributed by atoms with Crippen molar-refractivity contribution in [2.45, 2.75) is 18.4 Å². The van der Waals surface area contributed by atoms with Gasteiger partial charge in [-0.1, -0.05) is 23.7 Å². The smallest absolute Gasteiger partial charge is 0.243 e. The van der Waals surface area contributed by atoms with Crippen LogP contribution in [-0.4, -0.2) is 43.8 Å². The van der Waals surface area contributed by atoms with Crippen LogP contribution >= 0.6 is 22.9 Å². The number of hydrogen-bond acceptors (Lipinski definition) is 4. The predicted octanol–water partition coefficient (Wildman–Crippen LogP) is 3.22. The lowest BCUT2D eigenvalue weighted by atomic mass is 10.2. The molecule has 1 aliphatic heterocycles. The Bertz CT molecular complexity index is 767. The molecule has 0 unspecified atom stereocenters. The summed E-state index contributed by atoms with van der Waals surface area (Å²) < 4.78 is 27.0. The maximum atomic E-state index is 12.7. The molecule has 0 radical (unpaired) electrons. The van der Waals surface area contributed by atoms with Gasteiger partial charge < -0.3 is 0 Å². The maximum Gasteiger partial charge on any atom is 0.243 e. The van der Waals surface area contributed by atoms with E-state index in [1.165, 1.54) is 4.88 Å². The van der Waals surface area contributed by atoms with Crippen LogP contribution in [0, 0.1) is 6.92 Å². The third-order valence-corrected chi connectivity index (χ3v) is 7.23. The molecule has 4 nitrogen and oxygen atoms in total. The van der Waals surface area contributed by atoms with Crippen LogP contribution in [0.3, 0.4) is 0 Å². The third kappa shape index (κ3) is 3.78. The summed E-state index contributed by atoms with van der Waals surface area (Å²) >= 11 is 7.81. The minimum Gasteiger partial charge on any atom is -0.296 e. The largest absolute Gasteiger partial charge is 0.296 e. The zero-order chi connectivity index (χ0) is 16.4. The van der Waals surface area contributed by atoms with Crippen molar-refractivity contribution in [1.29, 1.82) is 0 Å². The number of hydrogen-bond donors (Lipinski definition) is 0. The van der Waals surface area contributed by atoms with Crippen LogP contribution in [-0.2, 0) is 16.6 Å². The fourth-order valence-corrected chi connectivity index (χ4v) is 5.07. The number of nitrogens with zero attached hydrogens (tertiary/aromatic N) is 2. The van der Waals surface area contributed by atoms with Crippen molar-refractivity contribution in [3.63, 3.8) is 0 Å². The lowest BCUT2D eigenvalue weighted by Crippen LogP contribution is -2.48. The number of sulfonamides is 1. The number of benzene rings is 1. The van der Waals surface area contributed by atoms with Gasteiger partial charge in [0.2, 0.25) is 10.0 Å². The molecule has 3 rings (SSSR count). The molecule has 0 atom stereocenters. The third-order valence-electron chi connectivity index (χ3n) is 4.07. The molecule has 1 aromatic carbocycles. The number of rotatable bonds is 4. The fraction of sp³-hybridized carbons (Fsp3) is 0.375. The lowest BCUT2D eigenvalue weighted by molar-refractivity contribution is 0.183. The van der Waals surface area contributed by atoms with Gasteiger partial charge in [0.1, 0.15) is 0 Å². The van der Waals surface area contributed by atoms with Crippen LogP contribution in [0.2, 0.25) is 5.02 Å². The number of piperazine rings is 1. The Morgan fingerprint density at radius 3 is 2.52 bits per heavy atom. The summed E-state index contributed by atoms with van der Waals surface area (Å²) in [6.45, 7) is 5.27. The Labute approximate surface area is 146 Å². The topological polar surface area (TPSA) is 40.6 Å². The van der Waals surface area contributed by atoms with Crippen molar-refractivity contribution < 1.29 is 8.42 Å². The lowest BCUT2D eigenvalue weighted by Gasteiger charge is -2.33. The molecule has 0 N–H and O–H groups in total. The Kier molecular flexibility index (Phi) is 5.08. The van der Waals surface area contributed by atoms with E-state index in [1.54, 1.807) is 33.8 Å². The van der Waals surface area contributed by atoms with Crippen molar-refractivity contribution in [3.8, 4) is 0 Å². The quantitative estimate of drug-likeness (QED) is 0.829. The molecule has 7 heteroatoms. The van der Waals surface area contributed by atoms with E-state index >= 15 is 0 Å². The van der Waals surface area contributed by atoms with Crippen LogP contribution in [0.5, 0.6) is 0 Å². The van der Waals surface area contributed by atoms with Crippen molar-refractivity contribution in [3.05, 3.63) is 51.2 Å². The highest BCUT2D eigenvalue weighted by Crippen LogP contribution is 2.24. The summed E-state index contributed by atoms with van der Waals surface area (Å²) in [6, 6.07) is 9.09. The van der Waals surface area contributed by atoms with Crippen LogP contribution < -0.4 is 0 Å². The Morgan fingerprint density at radius 1 is 1.17 bits per heavy atom. The molecule has 23 heavy (non-hydrogen) atoms. The molecular weight excluding hydrogens is 352 g/mol. The van der Waals surface area contributed by atoms with Gasteiger partial charge in [0, 0.05) is 42.6 Å². The second-order valence-corrected chi connectivity index (χ2v) is 9.05. The first-order chi connectivity index (χ1) is 11.0. The van der Waals surface area contributed by atoms with E-state index in [0.29, 0.717) is 18.1 Å². The van der Waals surface area contributed by atoms with E-state index < -0.39 is 10.0 Å². The zero-order valence-electron chi connectivity index (χ0n) is 12.9. The summed E-state index contributed by atoms with van der Waals surface area (Å²) in [5.74, 6) is 0. The summed E-state index contributed by atoms with van der Waals surface area (Å²) in [6.07, 6.45) is 0. The minimum atomic E-state index is -3.46. The molecular formula is C16H19ClN2O2S2. The Balaban J connectivity index is 1.67. The Morgan fingerprint density at radius 2 is 1.91 bits per heavy atom. The van der Waals surface area contributed by atoms with E-state index in [0.717, 1.165) is 25.2 Å². The fourth-order valence-electron chi connectivity index (χ4n) is 2.63. The molecule has 0 amide bonds. The first-order valence-electron chi connectivity index (χ1n) is 7.48. The van der Waals surface area contributed by atoms with Crippen molar-refractivity contribution >= 4 is 33.0 Å². The monoisotopic (exact) mass is 370 g/mol. The van der Waals surface area contributed by atoms with E-state index in [9.17, 15) is 8.42 Å².